The summed E-state index contributed by atoms with van der Waals surface area (Å²) in [5, 5.41) is 10.7. The van der Waals surface area contributed by atoms with E-state index in [1.54, 1.807) is 24.3 Å². The summed E-state index contributed by atoms with van der Waals surface area (Å²) in [5.74, 6) is 4.60. The number of aromatic nitrogens is 1. The van der Waals surface area contributed by atoms with Gasteiger partial charge in [-0.15, -0.1) is 0 Å². The van der Waals surface area contributed by atoms with E-state index < -0.39 is 10.8 Å². The van der Waals surface area contributed by atoms with Gasteiger partial charge >= 0.3 is 0 Å². The lowest BCUT2D eigenvalue weighted by atomic mass is 10.1. The Morgan fingerprint density at radius 2 is 2.10 bits per heavy atom. The van der Waals surface area contributed by atoms with E-state index in [2.05, 4.69) is 0 Å². The molecule has 1 amide bonds. The van der Waals surface area contributed by atoms with Gasteiger partial charge in [-0.05, 0) is 17.7 Å². The van der Waals surface area contributed by atoms with E-state index >= 15 is 0 Å². The zero-order valence-electron chi connectivity index (χ0n) is 10.9. The fourth-order valence-electron chi connectivity index (χ4n) is 1.84. The van der Waals surface area contributed by atoms with E-state index in [4.69, 9.17) is 5.84 Å². The topological polar surface area (TPSA) is 120 Å². The van der Waals surface area contributed by atoms with Gasteiger partial charge in [-0.2, -0.15) is 0 Å². The van der Waals surface area contributed by atoms with Crippen LogP contribution >= 0.6 is 0 Å². The van der Waals surface area contributed by atoms with E-state index in [0.29, 0.717) is 11.1 Å². The summed E-state index contributed by atoms with van der Waals surface area (Å²) in [6.07, 6.45) is 1.16. The number of hydrazine groups is 1. The Labute approximate surface area is 118 Å². The van der Waals surface area contributed by atoms with Crippen molar-refractivity contribution < 1.29 is 9.72 Å². The number of hydrogen-bond acceptors (Lipinski definition) is 5. The number of benzene rings is 1. The first-order chi connectivity index (χ1) is 10.0. The van der Waals surface area contributed by atoms with Gasteiger partial charge in [0.1, 0.15) is 0 Å². The normalized spacial score (nSPS) is 10.1. The van der Waals surface area contributed by atoms with Crippen molar-refractivity contribution in [1.82, 2.24) is 9.99 Å². The SMILES string of the molecule is NNC(=O)c1cccc(Cn2cc([N+](=O)[O-])ccc2=O)c1. The molecule has 0 aliphatic rings. The number of carbonyl (C=O) groups excluding carboxylic acids is 1. The van der Waals surface area contributed by atoms with Crippen LogP contribution in [-0.4, -0.2) is 15.4 Å². The van der Waals surface area contributed by atoms with Crippen molar-refractivity contribution in [2.24, 2.45) is 5.84 Å². The maximum atomic E-state index is 11.7. The van der Waals surface area contributed by atoms with Crippen LogP contribution < -0.4 is 16.8 Å². The molecule has 1 aromatic carbocycles. The molecule has 0 radical (unpaired) electrons. The molecule has 8 heteroatoms. The van der Waals surface area contributed by atoms with Crippen LogP contribution in [0.3, 0.4) is 0 Å². The summed E-state index contributed by atoms with van der Waals surface area (Å²) in [6, 6.07) is 8.77. The van der Waals surface area contributed by atoms with Crippen molar-refractivity contribution in [3.05, 3.63) is 74.2 Å². The number of nitrogens with one attached hydrogen (secondary N) is 1. The van der Waals surface area contributed by atoms with Gasteiger partial charge < -0.3 is 4.57 Å². The average Bonchev–Trinajstić information content (AvgIpc) is 2.48. The molecule has 2 aromatic rings. The Morgan fingerprint density at radius 3 is 2.76 bits per heavy atom. The predicted molar refractivity (Wildman–Crippen MR) is 74.6 cm³/mol. The van der Waals surface area contributed by atoms with Crippen LogP contribution in [0.15, 0.2) is 47.4 Å². The van der Waals surface area contributed by atoms with E-state index in [9.17, 15) is 19.7 Å². The van der Waals surface area contributed by atoms with Crippen LogP contribution in [0, 0.1) is 10.1 Å². The van der Waals surface area contributed by atoms with Crippen LogP contribution in [0.2, 0.25) is 0 Å². The third kappa shape index (κ3) is 3.31. The predicted octanol–water partition coefficient (Wildman–Crippen LogP) is 0.408. The van der Waals surface area contributed by atoms with Gasteiger partial charge in [0.05, 0.1) is 17.7 Å². The minimum absolute atomic E-state index is 0.117. The Balaban J connectivity index is 2.34. The third-order valence-corrected chi connectivity index (χ3v) is 2.85. The number of nitro groups is 1. The van der Waals surface area contributed by atoms with Gasteiger partial charge in [0.15, 0.2) is 0 Å². The minimum atomic E-state index is -0.575. The molecular weight excluding hydrogens is 276 g/mol. The Morgan fingerprint density at radius 1 is 1.33 bits per heavy atom. The Bertz CT molecular complexity index is 754. The molecule has 21 heavy (non-hydrogen) atoms. The number of nitrogens with two attached hydrogens (primary N) is 1. The third-order valence-electron chi connectivity index (χ3n) is 2.85. The Hall–Kier alpha value is -3.00. The summed E-state index contributed by atoms with van der Waals surface area (Å²) >= 11 is 0. The summed E-state index contributed by atoms with van der Waals surface area (Å²) in [4.78, 5) is 33.3. The highest BCUT2D eigenvalue weighted by atomic mass is 16.6. The maximum Gasteiger partial charge on any atom is 0.285 e. The molecule has 2 rings (SSSR count). The second-order valence-electron chi connectivity index (χ2n) is 4.28. The van der Waals surface area contributed by atoms with Crippen LogP contribution in [0.25, 0.3) is 0 Å². The molecule has 0 bridgehead atoms. The highest BCUT2D eigenvalue weighted by Crippen LogP contribution is 2.10. The molecule has 0 unspecified atom stereocenters. The largest absolute Gasteiger partial charge is 0.304 e. The van der Waals surface area contributed by atoms with Gasteiger partial charge in [0.25, 0.3) is 17.2 Å². The maximum absolute atomic E-state index is 11.7. The molecule has 108 valence electrons. The molecule has 0 spiro atoms. The van der Waals surface area contributed by atoms with Crippen molar-refractivity contribution in [2.45, 2.75) is 6.54 Å². The van der Waals surface area contributed by atoms with Crippen molar-refractivity contribution in [2.75, 3.05) is 0 Å². The molecule has 1 aromatic heterocycles. The lowest BCUT2D eigenvalue weighted by Gasteiger charge is -2.07. The quantitative estimate of drug-likeness (QED) is 0.365. The molecule has 3 N–H and O–H groups in total. The standard InChI is InChI=1S/C13H12N4O4/c14-15-13(19)10-3-1-2-9(6-10)7-16-8-11(17(20)21)4-5-12(16)18/h1-6,8H,7,14H2,(H,15,19). The first-order valence-electron chi connectivity index (χ1n) is 5.96. The smallest absolute Gasteiger partial charge is 0.285 e. The van der Waals surface area contributed by atoms with Crippen LogP contribution in [0.4, 0.5) is 5.69 Å². The van der Waals surface area contributed by atoms with Crippen molar-refractivity contribution >= 4 is 11.6 Å². The molecule has 8 nitrogen and oxygen atoms in total. The first kappa shape index (κ1) is 14.4. The van der Waals surface area contributed by atoms with Crippen molar-refractivity contribution in [1.29, 1.82) is 0 Å². The molecule has 0 saturated heterocycles. The lowest BCUT2D eigenvalue weighted by molar-refractivity contribution is -0.385. The number of carbonyl (C=O) groups is 1. The average molecular weight is 288 g/mol. The molecule has 0 aliphatic carbocycles. The van der Waals surface area contributed by atoms with Crippen molar-refractivity contribution in [3.8, 4) is 0 Å². The highest BCUT2D eigenvalue weighted by molar-refractivity contribution is 5.93. The number of nitrogens with zero attached hydrogens (tertiary/aromatic N) is 2. The van der Waals surface area contributed by atoms with E-state index in [1.165, 1.54) is 4.57 Å². The van der Waals surface area contributed by atoms with Crippen LogP contribution in [0.1, 0.15) is 15.9 Å². The summed E-state index contributed by atoms with van der Waals surface area (Å²) < 4.78 is 1.21. The van der Waals surface area contributed by atoms with Gasteiger partial charge in [-0.25, -0.2) is 5.84 Å². The first-order valence-corrected chi connectivity index (χ1v) is 5.96. The van der Waals surface area contributed by atoms with Gasteiger partial charge in [-0.3, -0.25) is 25.1 Å². The number of hydrogen-bond donors (Lipinski definition) is 2. The van der Waals surface area contributed by atoms with Crippen molar-refractivity contribution in [3.63, 3.8) is 0 Å². The summed E-state index contributed by atoms with van der Waals surface area (Å²) in [6.45, 7) is 0.117. The molecule has 0 saturated carbocycles. The monoisotopic (exact) mass is 288 g/mol. The van der Waals surface area contributed by atoms with Gasteiger partial charge in [-0.1, -0.05) is 12.1 Å². The van der Waals surface area contributed by atoms with Gasteiger partial charge in [0.2, 0.25) is 0 Å². The second kappa shape index (κ2) is 5.97. The zero-order chi connectivity index (χ0) is 15.4. The number of pyridine rings is 1. The fourth-order valence-corrected chi connectivity index (χ4v) is 1.84. The van der Waals surface area contributed by atoms with Gasteiger partial charge in [0, 0.05) is 17.7 Å². The number of amides is 1. The number of rotatable bonds is 4. The second-order valence-corrected chi connectivity index (χ2v) is 4.28. The molecule has 0 fully saturated rings. The Kier molecular flexibility index (Phi) is 4.10. The minimum Gasteiger partial charge on any atom is -0.304 e. The van der Waals surface area contributed by atoms with E-state index in [-0.39, 0.29) is 17.8 Å². The summed E-state index contributed by atoms with van der Waals surface area (Å²) in [5.41, 5.74) is 2.46. The van der Waals surface area contributed by atoms with Crippen LogP contribution in [0.5, 0.6) is 0 Å². The molecule has 0 aliphatic heterocycles. The van der Waals surface area contributed by atoms with Crippen LogP contribution in [-0.2, 0) is 6.54 Å². The molecule has 0 atom stereocenters. The summed E-state index contributed by atoms with van der Waals surface area (Å²) in [7, 11) is 0. The highest BCUT2D eigenvalue weighted by Gasteiger charge is 2.09. The van der Waals surface area contributed by atoms with E-state index in [1.807, 2.05) is 5.43 Å². The lowest BCUT2D eigenvalue weighted by Crippen LogP contribution is -2.30. The number of nitrogen functional groups attached to an aromatic ring is 1. The van der Waals surface area contributed by atoms with E-state index in [0.717, 1.165) is 18.3 Å². The molecular formula is C13H12N4O4. The fraction of sp³-hybridized carbons (Fsp3) is 0.0769. The molecule has 1 heterocycles. The zero-order valence-corrected chi connectivity index (χ0v) is 10.9.